The van der Waals surface area contributed by atoms with Crippen molar-refractivity contribution >= 4 is 11.7 Å². The van der Waals surface area contributed by atoms with Crippen LogP contribution in [0.4, 0.5) is 5.69 Å². The Labute approximate surface area is 119 Å². The molecule has 1 aromatic carbocycles. The molecular weight excluding hydrogens is 254 g/mol. The first-order valence-corrected chi connectivity index (χ1v) is 7.35. The lowest BCUT2D eigenvalue weighted by Gasteiger charge is -2.40. The largest absolute Gasteiger partial charge is 0.481 e. The molecule has 0 radical (unpaired) electrons. The van der Waals surface area contributed by atoms with Crippen LogP contribution < -0.4 is 4.90 Å². The predicted molar refractivity (Wildman–Crippen MR) is 77.1 cm³/mol. The number of aryl methyl sites for hydroxylation is 1. The standard InChI is InChI=1S/C16H21NO3/c18-15(19)16(7-10-20-11-8-16)12-17-9-3-5-13-4-1-2-6-14(13)17/h1-2,4,6H,3,5,7-12H2,(H,18,19). The molecule has 0 spiro atoms. The second-order valence-corrected chi connectivity index (χ2v) is 5.85. The average molecular weight is 275 g/mol. The first kappa shape index (κ1) is 13.4. The number of hydrogen-bond acceptors (Lipinski definition) is 3. The van der Waals surface area contributed by atoms with Gasteiger partial charge in [0, 0.05) is 32.0 Å². The van der Waals surface area contributed by atoms with Crippen molar-refractivity contribution in [3.05, 3.63) is 29.8 Å². The second kappa shape index (κ2) is 5.44. The van der Waals surface area contributed by atoms with E-state index < -0.39 is 11.4 Å². The lowest BCUT2D eigenvalue weighted by Crippen LogP contribution is -2.48. The van der Waals surface area contributed by atoms with Gasteiger partial charge in [-0.05, 0) is 37.3 Å². The van der Waals surface area contributed by atoms with Gasteiger partial charge >= 0.3 is 5.97 Å². The Morgan fingerprint density at radius 3 is 2.80 bits per heavy atom. The SMILES string of the molecule is O=C(O)C1(CN2CCCc3ccccc32)CCOCC1. The smallest absolute Gasteiger partial charge is 0.311 e. The van der Waals surface area contributed by atoms with E-state index in [2.05, 4.69) is 23.1 Å². The summed E-state index contributed by atoms with van der Waals surface area (Å²) in [6.07, 6.45) is 3.42. The highest BCUT2D eigenvalue weighted by Crippen LogP contribution is 2.36. The zero-order chi connectivity index (χ0) is 14.0. The van der Waals surface area contributed by atoms with Gasteiger partial charge < -0.3 is 14.7 Å². The fraction of sp³-hybridized carbons (Fsp3) is 0.562. The van der Waals surface area contributed by atoms with Gasteiger partial charge in [0.2, 0.25) is 0 Å². The molecule has 0 saturated carbocycles. The molecule has 0 bridgehead atoms. The number of benzene rings is 1. The monoisotopic (exact) mass is 275 g/mol. The van der Waals surface area contributed by atoms with E-state index >= 15 is 0 Å². The number of carboxylic acids is 1. The molecule has 0 aromatic heterocycles. The van der Waals surface area contributed by atoms with Crippen LogP contribution in [0.3, 0.4) is 0 Å². The maximum Gasteiger partial charge on any atom is 0.311 e. The van der Waals surface area contributed by atoms with Crippen LogP contribution in [0.1, 0.15) is 24.8 Å². The number of hydrogen-bond donors (Lipinski definition) is 1. The van der Waals surface area contributed by atoms with E-state index in [0.29, 0.717) is 32.6 Å². The first-order chi connectivity index (χ1) is 9.71. The number of carbonyl (C=O) groups is 1. The number of ether oxygens (including phenoxy) is 1. The van der Waals surface area contributed by atoms with E-state index in [1.807, 2.05) is 6.07 Å². The topological polar surface area (TPSA) is 49.8 Å². The van der Waals surface area contributed by atoms with Crippen molar-refractivity contribution in [2.75, 3.05) is 31.2 Å². The Balaban J connectivity index is 1.85. The van der Waals surface area contributed by atoms with Crippen LogP contribution in [-0.2, 0) is 16.0 Å². The van der Waals surface area contributed by atoms with Crippen LogP contribution in [0, 0.1) is 5.41 Å². The van der Waals surface area contributed by atoms with Crippen LogP contribution in [0.5, 0.6) is 0 Å². The summed E-state index contributed by atoms with van der Waals surface area (Å²) in [6, 6.07) is 8.36. The Morgan fingerprint density at radius 2 is 2.05 bits per heavy atom. The summed E-state index contributed by atoms with van der Waals surface area (Å²) >= 11 is 0. The summed E-state index contributed by atoms with van der Waals surface area (Å²) in [5.41, 5.74) is 1.90. The molecule has 0 unspecified atom stereocenters. The highest BCUT2D eigenvalue weighted by molar-refractivity contribution is 5.76. The van der Waals surface area contributed by atoms with E-state index in [0.717, 1.165) is 19.4 Å². The van der Waals surface area contributed by atoms with Crippen LogP contribution in [0.2, 0.25) is 0 Å². The number of para-hydroxylation sites is 1. The van der Waals surface area contributed by atoms with Gasteiger partial charge in [-0.3, -0.25) is 4.79 Å². The fourth-order valence-electron chi connectivity index (χ4n) is 3.34. The van der Waals surface area contributed by atoms with Crippen molar-refractivity contribution in [3.63, 3.8) is 0 Å². The molecule has 4 heteroatoms. The van der Waals surface area contributed by atoms with E-state index in [1.165, 1.54) is 11.3 Å². The summed E-state index contributed by atoms with van der Waals surface area (Å²) < 4.78 is 5.35. The first-order valence-electron chi connectivity index (χ1n) is 7.35. The zero-order valence-electron chi connectivity index (χ0n) is 11.7. The van der Waals surface area contributed by atoms with E-state index in [4.69, 9.17) is 4.74 Å². The fourth-order valence-corrected chi connectivity index (χ4v) is 3.34. The third kappa shape index (κ3) is 2.40. The minimum Gasteiger partial charge on any atom is -0.481 e. The zero-order valence-corrected chi connectivity index (χ0v) is 11.7. The van der Waals surface area contributed by atoms with Gasteiger partial charge in [0.15, 0.2) is 0 Å². The molecule has 2 aliphatic rings. The molecule has 20 heavy (non-hydrogen) atoms. The molecule has 0 aliphatic carbocycles. The van der Waals surface area contributed by atoms with Gasteiger partial charge in [-0.15, -0.1) is 0 Å². The molecule has 1 saturated heterocycles. The summed E-state index contributed by atoms with van der Waals surface area (Å²) in [4.78, 5) is 14.0. The molecule has 108 valence electrons. The summed E-state index contributed by atoms with van der Waals surface area (Å²) in [7, 11) is 0. The minimum absolute atomic E-state index is 0.557. The van der Waals surface area contributed by atoms with E-state index in [1.54, 1.807) is 0 Å². The van der Waals surface area contributed by atoms with Gasteiger partial charge in [-0.1, -0.05) is 18.2 Å². The summed E-state index contributed by atoms with van der Waals surface area (Å²) in [6.45, 7) is 2.67. The maximum absolute atomic E-state index is 11.8. The molecule has 0 atom stereocenters. The number of rotatable bonds is 3. The van der Waals surface area contributed by atoms with Crippen LogP contribution >= 0.6 is 0 Å². The molecule has 1 aromatic rings. The van der Waals surface area contributed by atoms with Crippen molar-refractivity contribution in [2.45, 2.75) is 25.7 Å². The highest BCUT2D eigenvalue weighted by atomic mass is 16.5. The minimum atomic E-state index is -0.677. The Hall–Kier alpha value is -1.55. The molecule has 0 amide bonds. The summed E-state index contributed by atoms with van der Waals surface area (Å²) in [5.74, 6) is -0.677. The normalized spacial score (nSPS) is 21.3. The number of nitrogens with zero attached hydrogens (tertiary/aromatic N) is 1. The molecule has 3 rings (SSSR count). The maximum atomic E-state index is 11.8. The second-order valence-electron chi connectivity index (χ2n) is 5.85. The van der Waals surface area contributed by atoms with Gasteiger partial charge in [0.25, 0.3) is 0 Å². The number of anilines is 1. The summed E-state index contributed by atoms with van der Waals surface area (Å²) in [5, 5.41) is 9.69. The van der Waals surface area contributed by atoms with Gasteiger partial charge in [-0.25, -0.2) is 0 Å². The molecule has 2 heterocycles. The average Bonchev–Trinajstić information content (AvgIpc) is 2.48. The quantitative estimate of drug-likeness (QED) is 0.919. The van der Waals surface area contributed by atoms with E-state index in [-0.39, 0.29) is 0 Å². The van der Waals surface area contributed by atoms with Gasteiger partial charge in [0.1, 0.15) is 0 Å². The lowest BCUT2D eigenvalue weighted by molar-refractivity contribution is -0.154. The number of aliphatic carboxylic acids is 1. The van der Waals surface area contributed by atoms with Crippen molar-refractivity contribution < 1.29 is 14.6 Å². The number of fused-ring (bicyclic) bond motifs is 1. The van der Waals surface area contributed by atoms with Crippen molar-refractivity contribution in [2.24, 2.45) is 5.41 Å². The Morgan fingerprint density at radius 1 is 1.30 bits per heavy atom. The molecular formula is C16H21NO3. The highest BCUT2D eigenvalue weighted by Gasteiger charge is 2.42. The van der Waals surface area contributed by atoms with Crippen molar-refractivity contribution in [1.82, 2.24) is 0 Å². The van der Waals surface area contributed by atoms with Crippen LogP contribution in [0.25, 0.3) is 0 Å². The lowest BCUT2D eigenvalue weighted by atomic mass is 9.79. The van der Waals surface area contributed by atoms with Crippen molar-refractivity contribution in [1.29, 1.82) is 0 Å². The molecule has 4 nitrogen and oxygen atoms in total. The third-order valence-electron chi connectivity index (χ3n) is 4.60. The van der Waals surface area contributed by atoms with Crippen LogP contribution in [0.15, 0.2) is 24.3 Å². The van der Waals surface area contributed by atoms with Crippen LogP contribution in [-0.4, -0.2) is 37.4 Å². The molecule has 1 fully saturated rings. The Kier molecular flexibility index (Phi) is 3.66. The van der Waals surface area contributed by atoms with E-state index in [9.17, 15) is 9.90 Å². The third-order valence-corrected chi connectivity index (χ3v) is 4.60. The van der Waals surface area contributed by atoms with Gasteiger partial charge in [0.05, 0.1) is 5.41 Å². The Bertz CT molecular complexity index is 494. The molecule has 2 aliphatic heterocycles. The number of carboxylic acid groups (broad SMARTS) is 1. The molecule has 1 N–H and O–H groups in total. The van der Waals surface area contributed by atoms with Crippen molar-refractivity contribution in [3.8, 4) is 0 Å². The van der Waals surface area contributed by atoms with Gasteiger partial charge in [-0.2, -0.15) is 0 Å². The predicted octanol–water partition coefficient (Wildman–Crippen LogP) is 2.32.